The van der Waals surface area contributed by atoms with Crippen molar-refractivity contribution in [3.05, 3.63) is 29.8 Å². The Morgan fingerprint density at radius 3 is 2.80 bits per heavy atom. The third kappa shape index (κ3) is 1.47. The van der Waals surface area contributed by atoms with Crippen molar-refractivity contribution in [2.24, 2.45) is 5.73 Å². The molecule has 0 spiro atoms. The molecule has 0 aromatic heterocycles. The van der Waals surface area contributed by atoms with Crippen molar-refractivity contribution >= 4 is 5.91 Å². The summed E-state index contributed by atoms with van der Waals surface area (Å²) in [6, 6.07) is 7.20. The van der Waals surface area contributed by atoms with Gasteiger partial charge in [0.2, 0.25) is 5.91 Å². The molecule has 1 fully saturated rings. The lowest BCUT2D eigenvalue weighted by Crippen LogP contribution is -2.61. The summed E-state index contributed by atoms with van der Waals surface area (Å²) in [7, 11) is 3.38. The van der Waals surface area contributed by atoms with Gasteiger partial charge >= 0.3 is 0 Å². The molecule has 1 amide bonds. The number of nitrogens with zero attached hydrogens (tertiary/aromatic N) is 1. The largest absolute Gasteiger partial charge is 0.497 e. The first-order valence-electron chi connectivity index (χ1n) is 4.81. The van der Waals surface area contributed by atoms with E-state index in [-0.39, 0.29) is 11.9 Å². The predicted octanol–water partition coefficient (Wildman–Crippen LogP) is 0.536. The fourth-order valence-corrected chi connectivity index (χ4v) is 1.92. The van der Waals surface area contributed by atoms with Gasteiger partial charge in [0.25, 0.3) is 0 Å². The lowest BCUT2D eigenvalue weighted by atomic mass is 9.90. The number of rotatable bonds is 2. The first-order valence-corrected chi connectivity index (χ1v) is 4.81. The summed E-state index contributed by atoms with van der Waals surface area (Å²) >= 11 is 0. The number of hydrogen-bond acceptors (Lipinski definition) is 3. The molecule has 1 saturated heterocycles. The SMILES string of the molecule is COc1cccc([C@@H]2[C@@H](N)C(=O)N2C)c1. The molecule has 0 aliphatic carbocycles. The van der Waals surface area contributed by atoms with Crippen LogP contribution in [0.25, 0.3) is 0 Å². The van der Waals surface area contributed by atoms with Crippen LogP contribution in [-0.4, -0.2) is 31.0 Å². The van der Waals surface area contributed by atoms with Crippen molar-refractivity contribution in [1.82, 2.24) is 4.90 Å². The van der Waals surface area contributed by atoms with Gasteiger partial charge in [0.15, 0.2) is 0 Å². The molecular formula is C11H14N2O2. The third-order valence-corrected chi connectivity index (χ3v) is 2.83. The minimum atomic E-state index is -0.415. The van der Waals surface area contributed by atoms with Crippen LogP contribution in [0.1, 0.15) is 11.6 Å². The molecule has 0 saturated carbocycles. The lowest BCUT2D eigenvalue weighted by Gasteiger charge is -2.43. The molecule has 0 unspecified atom stereocenters. The summed E-state index contributed by atoms with van der Waals surface area (Å²) in [4.78, 5) is 12.9. The van der Waals surface area contributed by atoms with Gasteiger partial charge in [0.05, 0.1) is 13.2 Å². The summed E-state index contributed by atoms with van der Waals surface area (Å²) in [6.45, 7) is 0. The number of likely N-dealkylation sites (tertiary alicyclic amines) is 1. The normalized spacial score (nSPS) is 25.0. The topological polar surface area (TPSA) is 55.6 Å². The van der Waals surface area contributed by atoms with E-state index in [4.69, 9.17) is 10.5 Å². The van der Waals surface area contributed by atoms with Crippen molar-refractivity contribution in [3.8, 4) is 5.75 Å². The maximum atomic E-state index is 11.3. The Kier molecular flexibility index (Phi) is 2.36. The number of carbonyl (C=O) groups is 1. The molecule has 1 aliphatic rings. The number of likely N-dealkylation sites (N-methyl/N-ethyl adjacent to an activating group) is 1. The van der Waals surface area contributed by atoms with E-state index in [1.807, 2.05) is 24.3 Å². The van der Waals surface area contributed by atoms with Gasteiger partial charge in [0.1, 0.15) is 11.8 Å². The van der Waals surface area contributed by atoms with Gasteiger partial charge in [0, 0.05) is 7.05 Å². The molecule has 4 nitrogen and oxygen atoms in total. The Labute approximate surface area is 88.6 Å². The number of β-lactam (4-membered cyclic amide) rings is 1. The van der Waals surface area contributed by atoms with Crippen molar-refractivity contribution in [3.63, 3.8) is 0 Å². The van der Waals surface area contributed by atoms with E-state index in [9.17, 15) is 4.79 Å². The highest BCUT2D eigenvalue weighted by atomic mass is 16.5. The quantitative estimate of drug-likeness (QED) is 0.718. The molecule has 80 valence electrons. The highest BCUT2D eigenvalue weighted by molar-refractivity contribution is 5.89. The van der Waals surface area contributed by atoms with Crippen molar-refractivity contribution in [2.75, 3.05) is 14.2 Å². The highest BCUT2D eigenvalue weighted by Crippen LogP contribution is 2.33. The van der Waals surface area contributed by atoms with E-state index in [0.717, 1.165) is 11.3 Å². The number of ether oxygens (including phenoxy) is 1. The number of amides is 1. The maximum Gasteiger partial charge on any atom is 0.242 e. The monoisotopic (exact) mass is 206 g/mol. The number of nitrogens with two attached hydrogens (primary N) is 1. The molecule has 15 heavy (non-hydrogen) atoms. The maximum absolute atomic E-state index is 11.3. The van der Waals surface area contributed by atoms with E-state index in [1.165, 1.54) is 0 Å². The zero-order valence-corrected chi connectivity index (χ0v) is 8.81. The van der Waals surface area contributed by atoms with Crippen molar-refractivity contribution < 1.29 is 9.53 Å². The molecular weight excluding hydrogens is 192 g/mol. The van der Waals surface area contributed by atoms with Crippen LogP contribution in [0.5, 0.6) is 5.75 Å². The second-order valence-corrected chi connectivity index (χ2v) is 3.70. The first-order chi connectivity index (χ1) is 7.15. The van der Waals surface area contributed by atoms with Gasteiger partial charge in [-0.15, -0.1) is 0 Å². The number of benzene rings is 1. The van der Waals surface area contributed by atoms with Crippen LogP contribution < -0.4 is 10.5 Å². The second-order valence-electron chi connectivity index (χ2n) is 3.70. The molecule has 1 aliphatic heterocycles. The fourth-order valence-electron chi connectivity index (χ4n) is 1.92. The van der Waals surface area contributed by atoms with Crippen LogP contribution in [0.15, 0.2) is 24.3 Å². The molecule has 2 rings (SSSR count). The van der Waals surface area contributed by atoms with Crippen LogP contribution in [0, 0.1) is 0 Å². The first kappa shape index (κ1) is 9.98. The molecule has 4 heteroatoms. The zero-order valence-electron chi connectivity index (χ0n) is 8.81. The van der Waals surface area contributed by atoms with E-state index in [2.05, 4.69) is 0 Å². The van der Waals surface area contributed by atoms with Crippen molar-refractivity contribution in [1.29, 1.82) is 0 Å². The highest BCUT2D eigenvalue weighted by Gasteiger charge is 2.43. The standard InChI is InChI=1S/C11H14N2O2/c1-13-10(9(12)11(13)14)7-4-3-5-8(6-7)15-2/h3-6,9-10H,12H2,1-2H3/t9-,10-/m1/s1. The molecule has 0 radical (unpaired) electrons. The van der Waals surface area contributed by atoms with E-state index >= 15 is 0 Å². The molecule has 1 aromatic rings. The zero-order chi connectivity index (χ0) is 11.0. The van der Waals surface area contributed by atoms with Crippen LogP contribution >= 0.6 is 0 Å². The van der Waals surface area contributed by atoms with Crippen LogP contribution in [0.4, 0.5) is 0 Å². The number of hydrogen-bond donors (Lipinski definition) is 1. The van der Waals surface area contributed by atoms with Gasteiger partial charge in [-0.25, -0.2) is 0 Å². The molecule has 2 atom stereocenters. The Bertz CT molecular complexity index is 380. The summed E-state index contributed by atoms with van der Waals surface area (Å²) in [6.07, 6.45) is 0. The van der Waals surface area contributed by atoms with Crippen LogP contribution in [0.2, 0.25) is 0 Å². The predicted molar refractivity (Wildman–Crippen MR) is 56.5 cm³/mol. The average Bonchev–Trinajstić information content (AvgIpc) is 2.29. The van der Waals surface area contributed by atoms with Crippen LogP contribution in [0.3, 0.4) is 0 Å². The number of methoxy groups -OCH3 is 1. The minimum absolute atomic E-state index is 0.0113. The Morgan fingerprint density at radius 2 is 2.20 bits per heavy atom. The van der Waals surface area contributed by atoms with Crippen LogP contribution in [-0.2, 0) is 4.79 Å². The molecule has 2 N–H and O–H groups in total. The Balaban J connectivity index is 2.26. The summed E-state index contributed by atoms with van der Waals surface area (Å²) in [5, 5.41) is 0. The Morgan fingerprint density at radius 1 is 1.47 bits per heavy atom. The minimum Gasteiger partial charge on any atom is -0.497 e. The van der Waals surface area contributed by atoms with Gasteiger partial charge in [-0.3, -0.25) is 4.79 Å². The van der Waals surface area contributed by atoms with Gasteiger partial charge < -0.3 is 15.4 Å². The molecule has 0 bridgehead atoms. The van der Waals surface area contributed by atoms with E-state index in [0.29, 0.717) is 0 Å². The summed E-state index contributed by atoms with van der Waals surface area (Å²) in [5.41, 5.74) is 6.77. The smallest absolute Gasteiger partial charge is 0.242 e. The van der Waals surface area contributed by atoms with Gasteiger partial charge in [-0.2, -0.15) is 0 Å². The average molecular weight is 206 g/mol. The Hall–Kier alpha value is -1.55. The summed E-state index contributed by atoms with van der Waals surface area (Å²) in [5.74, 6) is 0.773. The van der Waals surface area contributed by atoms with E-state index in [1.54, 1.807) is 19.1 Å². The van der Waals surface area contributed by atoms with Gasteiger partial charge in [-0.05, 0) is 17.7 Å². The summed E-state index contributed by atoms with van der Waals surface area (Å²) < 4.78 is 5.13. The fraction of sp³-hybridized carbons (Fsp3) is 0.364. The molecule has 1 heterocycles. The second kappa shape index (κ2) is 3.55. The van der Waals surface area contributed by atoms with Crippen molar-refractivity contribution in [2.45, 2.75) is 12.1 Å². The molecule has 1 aromatic carbocycles. The van der Waals surface area contributed by atoms with E-state index < -0.39 is 6.04 Å². The lowest BCUT2D eigenvalue weighted by molar-refractivity contribution is -0.147. The number of carbonyl (C=O) groups excluding carboxylic acids is 1. The van der Waals surface area contributed by atoms with Gasteiger partial charge in [-0.1, -0.05) is 12.1 Å². The third-order valence-electron chi connectivity index (χ3n) is 2.83.